The predicted molar refractivity (Wildman–Crippen MR) is 94.7 cm³/mol. The van der Waals surface area contributed by atoms with Crippen molar-refractivity contribution >= 4 is 38.2 Å². The molecule has 0 aliphatic heterocycles. The van der Waals surface area contributed by atoms with E-state index < -0.39 is 0 Å². The number of para-hydroxylation sites is 2. The molecule has 0 saturated heterocycles. The SMILES string of the molecule is C=C(N/N=c1\sc2ccccc2n1C)c1cc2ccccc2o1. The topological polar surface area (TPSA) is 42.5 Å². The van der Waals surface area contributed by atoms with Gasteiger partial charge in [0.15, 0.2) is 5.76 Å². The van der Waals surface area contributed by atoms with Crippen LogP contribution in [0.1, 0.15) is 5.76 Å². The molecule has 1 N–H and O–H groups in total. The molecular weight excluding hydrogens is 306 g/mol. The van der Waals surface area contributed by atoms with Crippen LogP contribution in [0.25, 0.3) is 26.9 Å². The van der Waals surface area contributed by atoms with Crippen LogP contribution >= 0.6 is 11.3 Å². The minimum atomic E-state index is 0.638. The fourth-order valence-corrected chi connectivity index (χ4v) is 3.47. The third-order valence-corrected chi connectivity index (χ3v) is 4.84. The molecule has 0 atom stereocenters. The van der Waals surface area contributed by atoms with E-state index in [1.807, 2.05) is 49.5 Å². The van der Waals surface area contributed by atoms with E-state index in [-0.39, 0.29) is 0 Å². The first-order chi connectivity index (χ1) is 11.2. The highest BCUT2D eigenvalue weighted by atomic mass is 32.1. The van der Waals surface area contributed by atoms with Gasteiger partial charge < -0.3 is 8.98 Å². The largest absolute Gasteiger partial charge is 0.454 e. The summed E-state index contributed by atoms with van der Waals surface area (Å²) in [6, 6.07) is 18.1. The number of aromatic nitrogens is 1. The summed E-state index contributed by atoms with van der Waals surface area (Å²) >= 11 is 1.63. The highest BCUT2D eigenvalue weighted by Crippen LogP contribution is 2.22. The van der Waals surface area contributed by atoms with Gasteiger partial charge in [0.25, 0.3) is 0 Å². The van der Waals surface area contributed by atoms with E-state index in [0.29, 0.717) is 11.5 Å². The number of thiazole rings is 1. The average molecular weight is 321 g/mol. The van der Waals surface area contributed by atoms with Crippen molar-refractivity contribution in [1.29, 1.82) is 0 Å². The lowest BCUT2D eigenvalue weighted by molar-refractivity contribution is 0.592. The maximum absolute atomic E-state index is 5.78. The van der Waals surface area contributed by atoms with Gasteiger partial charge in [0.1, 0.15) is 5.58 Å². The maximum Gasteiger partial charge on any atom is 0.208 e. The number of nitrogens with one attached hydrogen (secondary N) is 1. The van der Waals surface area contributed by atoms with Crippen LogP contribution in [0.5, 0.6) is 0 Å². The number of hydrogen-bond donors (Lipinski definition) is 1. The lowest BCUT2D eigenvalue weighted by atomic mass is 10.2. The van der Waals surface area contributed by atoms with Gasteiger partial charge in [-0.2, -0.15) is 0 Å². The maximum atomic E-state index is 5.78. The Morgan fingerprint density at radius 2 is 1.96 bits per heavy atom. The van der Waals surface area contributed by atoms with Crippen LogP contribution in [0.2, 0.25) is 0 Å². The molecular formula is C18H15N3OS. The Bertz CT molecular complexity index is 1050. The molecule has 0 fully saturated rings. The number of furan rings is 1. The summed E-state index contributed by atoms with van der Waals surface area (Å²) in [4.78, 5) is 0.878. The Hall–Kier alpha value is -2.79. The molecule has 23 heavy (non-hydrogen) atoms. The highest BCUT2D eigenvalue weighted by Gasteiger charge is 2.06. The molecule has 0 aliphatic rings. The molecule has 2 aromatic carbocycles. The number of hydrogen-bond acceptors (Lipinski definition) is 4. The van der Waals surface area contributed by atoms with Crippen molar-refractivity contribution in [3.05, 3.63) is 71.7 Å². The molecule has 0 bridgehead atoms. The van der Waals surface area contributed by atoms with Crippen LogP contribution < -0.4 is 10.2 Å². The number of benzene rings is 2. The summed E-state index contributed by atoms with van der Waals surface area (Å²) in [5, 5.41) is 5.51. The van der Waals surface area contributed by atoms with Crippen LogP contribution in [0.3, 0.4) is 0 Å². The van der Waals surface area contributed by atoms with E-state index in [1.54, 1.807) is 11.3 Å². The normalized spacial score (nSPS) is 12.1. The predicted octanol–water partition coefficient (Wildman–Crippen LogP) is 4.06. The molecule has 0 aliphatic carbocycles. The van der Waals surface area contributed by atoms with Crippen LogP contribution in [0, 0.1) is 0 Å². The Balaban J connectivity index is 1.66. The highest BCUT2D eigenvalue weighted by molar-refractivity contribution is 7.16. The van der Waals surface area contributed by atoms with E-state index >= 15 is 0 Å². The lowest BCUT2D eigenvalue weighted by Gasteiger charge is -2.00. The van der Waals surface area contributed by atoms with Gasteiger partial charge in [0.2, 0.25) is 4.80 Å². The lowest BCUT2D eigenvalue weighted by Crippen LogP contribution is -2.16. The average Bonchev–Trinajstić information content (AvgIpc) is 3.15. The minimum Gasteiger partial charge on any atom is -0.454 e. The number of nitrogens with zero attached hydrogens (tertiary/aromatic N) is 2. The fourth-order valence-electron chi connectivity index (χ4n) is 2.49. The summed E-state index contributed by atoms with van der Waals surface area (Å²) in [5.41, 5.74) is 5.65. The molecule has 5 heteroatoms. The fraction of sp³-hybridized carbons (Fsp3) is 0.0556. The molecule has 4 nitrogen and oxygen atoms in total. The molecule has 2 aromatic heterocycles. The summed E-state index contributed by atoms with van der Waals surface area (Å²) < 4.78 is 9.04. The zero-order valence-corrected chi connectivity index (χ0v) is 13.4. The zero-order chi connectivity index (χ0) is 15.8. The summed E-state index contributed by atoms with van der Waals surface area (Å²) in [6.45, 7) is 4.02. The van der Waals surface area contributed by atoms with Crippen LogP contribution in [0.4, 0.5) is 0 Å². The van der Waals surface area contributed by atoms with Crippen LogP contribution in [0.15, 0.2) is 70.7 Å². The van der Waals surface area contributed by atoms with E-state index in [0.717, 1.165) is 21.3 Å². The summed E-state index contributed by atoms with van der Waals surface area (Å²) in [5.74, 6) is 0.693. The Morgan fingerprint density at radius 3 is 2.78 bits per heavy atom. The van der Waals surface area contributed by atoms with Crippen LogP contribution in [-0.4, -0.2) is 4.57 Å². The van der Waals surface area contributed by atoms with Gasteiger partial charge in [-0.25, -0.2) is 0 Å². The van der Waals surface area contributed by atoms with Gasteiger partial charge in [-0.1, -0.05) is 48.2 Å². The molecule has 0 unspecified atom stereocenters. The second kappa shape index (κ2) is 5.44. The Kier molecular flexibility index (Phi) is 3.28. The molecule has 0 radical (unpaired) electrons. The third kappa shape index (κ3) is 2.45. The molecule has 0 spiro atoms. The molecule has 4 rings (SSSR count). The third-order valence-electron chi connectivity index (χ3n) is 3.72. The summed E-state index contributed by atoms with van der Waals surface area (Å²) in [6.07, 6.45) is 0. The van der Waals surface area contributed by atoms with Gasteiger partial charge in [-0.05, 0) is 24.3 Å². The first-order valence-corrected chi connectivity index (χ1v) is 8.06. The van der Waals surface area contributed by atoms with Gasteiger partial charge in [0.05, 0.1) is 15.9 Å². The standard InChI is InChI=1S/C18H15N3OS/c1-12(16-11-13-7-3-5-9-15(13)22-16)19-20-18-21(2)14-8-4-6-10-17(14)23-18/h3-11,19H,1H2,2H3/b20-18-. The monoisotopic (exact) mass is 321 g/mol. The van der Waals surface area contributed by atoms with Gasteiger partial charge in [-0.3, -0.25) is 5.43 Å². The van der Waals surface area contributed by atoms with Crippen molar-refractivity contribution in [2.75, 3.05) is 0 Å². The van der Waals surface area contributed by atoms with E-state index in [4.69, 9.17) is 4.42 Å². The van der Waals surface area contributed by atoms with Gasteiger partial charge >= 0.3 is 0 Å². The zero-order valence-electron chi connectivity index (χ0n) is 12.6. The smallest absolute Gasteiger partial charge is 0.208 e. The quantitative estimate of drug-likeness (QED) is 0.578. The minimum absolute atomic E-state index is 0.638. The van der Waals surface area contributed by atoms with Gasteiger partial charge in [0, 0.05) is 12.4 Å². The second-order valence-corrected chi connectivity index (χ2v) is 6.27. The van der Waals surface area contributed by atoms with E-state index in [9.17, 15) is 0 Å². The van der Waals surface area contributed by atoms with E-state index in [2.05, 4.69) is 33.8 Å². The Morgan fingerprint density at radius 1 is 1.17 bits per heavy atom. The van der Waals surface area contributed by atoms with Crippen molar-refractivity contribution in [3.8, 4) is 0 Å². The van der Waals surface area contributed by atoms with Crippen molar-refractivity contribution < 1.29 is 4.42 Å². The van der Waals surface area contributed by atoms with Crippen LogP contribution in [-0.2, 0) is 7.05 Å². The van der Waals surface area contributed by atoms with Crippen molar-refractivity contribution in [3.63, 3.8) is 0 Å². The second-order valence-electron chi connectivity index (χ2n) is 5.26. The molecule has 0 amide bonds. The number of aryl methyl sites for hydroxylation is 1. The molecule has 114 valence electrons. The first-order valence-electron chi connectivity index (χ1n) is 7.24. The van der Waals surface area contributed by atoms with E-state index in [1.165, 1.54) is 4.70 Å². The number of fused-ring (bicyclic) bond motifs is 2. The van der Waals surface area contributed by atoms with Crippen molar-refractivity contribution in [2.24, 2.45) is 12.1 Å². The van der Waals surface area contributed by atoms with Gasteiger partial charge in [-0.15, -0.1) is 5.10 Å². The summed E-state index contributed by atoms with van der Waals surface area (Å²) in [7, 11) is 2.00. The van der Waals surface area contributed by atoms with Crippen molar-refractivity contribution in [2.45, 2.75) is 0 Å². The number of rotatable bonds is 3. The molecule has 4 aromatic rings. The Labute approximate surface area is 137 Å². The van der Waals surface area contributed by atoms with Crippen molar-refractivity contribution in [1.82, 2.24) is 9.99 Å². The first kappa shape index (κ1) is 13.8. The molecule has 0 saturated carbocycles. The molecule has 2 heterocycles.